The summed E-state index contributed by atoms with van der Waals surface area (Å²) in [4.78, 5) is 50.9. The molecule has 0 fully saturated rings. The number of nitro benzene ring substituents is 1. The van der Waals surface area contributed by atoms with Crippen LogP contribution in [0.5, 0.6) is 0 Å². The minimum absolute atomic E-state index is 0.173. The van der Waals surface area contributed by atoms with Gasteiger partial charge < -0.3 is 10.6 Å². The Balaban J connectivity index is 1.63. The SMILES string of the molecule is Cc1ccc(C(=O)N2c3ccccc3NC(=O)C2CC(=O)Nc2cccc([N+](=O)[O-])c2)cc1. The molecule has 1 aliphatic rings. The first-order valence-corrected chi connectivity index (χ1v) is 10.2. The molecule has 1 unspecified atom stereocenters. The second kappa shape index (κ2) is 8.91. The van der Waals surface area contributed by atoms with Gasteiger partial charge in [-0.15, -0.1) is 0 Å². The number of amides is 3. The third-order valence-electron chi connectivity index (χ3n) is 5.27. The Hall–Kier alpha value is -4.53. The number of hydrogen-bond acceptors (Lipinski definition) is 5. The van der Waals surface area contributed by atoms with Crippen molar-refractivity contribution in [2.24, 2.45) is 0 Å². The number of benzene rings is 3. The van der Waals surface area contributed by atoms with Crippen LogP contribution in [-0.4, -0.2) is 28.7 Å². The zero-order valence-electron chi connectivity index (χ0n) is 17.6. The Kier molecular flexibility index (Phi) is 5.86. The Labute approximate surface area is 189 Å². The van der Waals surface area contributed by atoms with Gasteiger partial charge in [0.05, 0.1) is 22.7 Å². The molecule has 9 heteroatoms. The molecule has 0 spiro atoms. The fourth-order valence-corrected chi connectivity index (χ4v) is 3.65. The van der Waals surface area contributed by atoms with Crippen molar-refractivity contribution in [3.05, 3.63) is 94.0 Å². The summed E-state index contributed by atoms with van der Waals surface area (Å²) >= 11 is 0. The van der Waals surface area contributed by atoms with E-state index in [0.717, 1.165) is 5.56 Å². The van der Waals surface area contributed by atoms with Crippen molar-refractivity contribution >= 4 is 40.5 Å². The van der Waals surface area contributed by atoms with E-state index in [4.69, 9.17) is 0 Å². The van der Waals surface area contributed by atoms with E-state index in [2.05, 4.69) is 10.6 Å². The molecule has 1 heterocycles. The van der Waals surface area contributed by atoms with Gasteiger partial charge >= 0.3 is 0 Å². The van der Waals surface area contributed by atoms with Gasteiger partial charge in [0.25, 0.3) is 11.6 Å². The van der Waals surface area contributed by atoms with E-state index < -0.39 is 28.7 Å². The third-order valence-corrected chi connectivity index (χ3v) is 5.27. The summed E-state index contributed by atoms with van der Waals surface area (Å²) in [5, 5.41) is 16.3. The van der Waals surface area contributed by atoms with E-state index in [-0.39, 0.29) is 17.8 Å². The van der Waals surface area contributed by atoms with Gasteiger partial charge in [-0.05, 0) is 37.3 Å². The van der Waals surface area contributed by atoms with Gasteiger partial charge in [0.15, 0.2) is 0 Å². The first kappa shape index (κ1) is 21.7. The van der Waals surface area contributed by atoms with Crippen molar-refractivity contribution in [3.8, 4) is 0 Å². The Morgan fingerprint density at radius 1 is 1.06 bits per heavy atom. The molecule has 1 aliphatic heterocycles. The number of non-ortho nitro benzene ring substituents is 1. The van der Waals surface area contributed by atoms with Crippen LogP contribution in [0.3, 0.4) is 0 Å². The van der Waals surface area contributed by atoms with Gasteiger partial charge in [-0.25, -0.2) is 0 Å². The first-order chi connectivity index (χ1) is 15.8. The molecular weight excluding hydrogens is 424 g/mol. The molecule has 1 atom stereocenters. The van der Waals surface area contributed by atoms with Gasteiger partial charge in [-0.1, -0.05) is 35.9 Å². The highest BCUT2D eigenvalue weighted by Gasteiger charge is 2.38. The molecule has 0 radical (unpaired) electrons. The number of anilines is 3. The summed E-state index contributed by atoms with van der Waals surface area (Å²) in [6.07, 6.45) is -0.333. The van der Waals surface area contributed by atoms with E-state index in [1.165, 1.54) is 29.2 Å². The minimum Gasteiger partial charge on any atom is -0.326 e. The van der Waals surface area contributed by atoms with Crippen molar-refractivity contribution < 1.29 is 19.3 Å². The average Bonchev–Trinajstić information content (AvgIpc) is 2.79. The van der Waals surface area contributed by atoms with Crippen molar-refractivity contribution in [2.75, 3.05) is 15.5 Å². The van der Waals surface area contributed by atoms with Crippen LogP contribution in [0.1, 0.15) is 22.3 Å². The van der Waals surface area contributed by atoms with Crippen molar-refractivity contribution in [1.29, 1.82) is 0 Å². The van der Waals surface area contributed by atoms with Gasteiger partial charge in [-0.3, -0.25) is 29.4 Å². The maximum atomic E-state index is 13.4. The van der Waals surface area contributed by atoms with Crippen LogP contribution >= 0.6 is 0 Å². The van der Waals surface area contributed by atoms with Crippen molar-refractivity contribution in [1.82, 2.24) is 0 Å². The topological polar surface area (TPSA) is 122 Å². The lowest BCUT2D eigenvalue weighted by atomic mass is 10.0. The molecule has 166 valence electrons. The lowest BCUT2D eigenvalue weighted by molar-refractivity contribution is -0.384. The fourth-order valence-electron chi connectivity index (χ4n) is 3.65. The summed E-state index contributed by atoms with van der Waals surface area (Å²) in [6, 6.07) is 18.2. The van der Waals surface area contributed by atoms with Gasteiger partial charge in [0.2, 0.25) is 11.8 Å². The number of rotatable bonds is 5. The highest BCUT2D eigenvalue weighted by Crippen LogP contribution is 2.34. The van der Waals surface area contributed by atoms with Crippen LogP contribution in [0.15, 0.2) is 72.8 Å². The lowest BCUT2D eigenvalue weighted by Gasteiger charge is -2.36. The number of aryl methyl sites for hydroxylation is 1. The predicted octanol–water partition coefficient (Wildman–Crippen LogP) is 3.90. The number of carbonyl (C=O) groups is 3. The molecule has 0 aromatic heterocycles. The summed E-state index contributed by atoms with van der Waals surface area (Å²) in [6.45, 7) is 1.90. The van der Waals surface area contributed by atoms with E-state index in [1.54, 1.807) is 48.5 Å². The maximum Gasteiger partial charge on any atom is 0.271 e. The molecule has 3 aromatic carbocycles. The molecule has 33 heavy (non-hydrogen) atoms. The van der Waals surface area contributed by atoms with Gasteiger partial charge in [0, 0.05) is 23.4 Å². The Bertz CT molecular complexity index is 1260. The second-order valence-corrected chi connectivity index (χ2v) is 7.62. The average molecular weight is 444 g/mol. The molecule has 0 bridgehead atoms. The number of hydrogen-bond donors (Lipinski definition) is 2. The predicted molar refractivity (Wildman–Crippen MR) is 123 cm³/mol. The van der Waals surface area contributed by atoms with E-state index >= 15 is 0 Å². The largest absolute Gasteiger partial charge is 0.326 e. The number of carbonyl (C=O) groups excluding carboxylic acids is 3. The first-order valence-electron chi connectivity index (χ1n) is 10.2. The normalized spacial score (nSPS) is 14.8. The summed E-state index contributed by atoms with van der Waals surface area (Å²) in [5.74, 6) is -1.47. The maximum absolute atomic E-state index is 13.4. The molecule has 0 aliphatic carbocycles. The van der Waals surface area contributed by atoms with Crippen LogP contribution in [-0.2, 0) is 9.59 Å². The number of para-hydroxylation sites is 2. The fraction of sp³-hybridized carbons (Fsp3) is 0.125. The zero-order chi connectivity index (χ0) is 23.5. The summed E-state index contributed by atoms with van der Waals surface area (Å²) in [7, 11) is 0. The molecule has 0 saturated carbocycles. The molecule has 2 N–H and O–H groups in total. The van der Waals surface area contributed by atoms with E-state index in [0.29, 0.717) is 16.9 Å². The van der Waals surface area contributed by atoms with E-state index in [1.807, 2.05) is 6.92 Å². The van der Waals surface area contributed by atoms with Gasteiger partial charge in [-0.2, -0.15) is 0 Å². The van der Waals surface area contributed by atoms with Crippen LogP contribution in [0.4, 0.5) is 22.7 Å². The van der Waals surface area contributed by atoms with Crippen LogP contribution in [0, 0.1) is 17.0 Å². The number of fused-ring (bicyclic) bond motifs is 1. The van der Waals surface area contributed by atoms with E-state index in [9.17, 15) is 24.5 Å². The Morgan fingerprint density at radius 2 is 1.79 bits per heavy atom. The number of nitrogens with one attached hydrogen (secondary N) is 2. The summed E-state index contributed by atoms with van der Waals surface area (Å²) < 4.78 is 0. The zero-order valence-corrected chi connectivity index (χ0v) is 17.6. The lowest BCUT2D eigenvalue weighted by Crippen LogP contribution is -2.52. The number of nitrogens with zero attached hydrogens (tertiary/aromatic N) is 2. The quantitative estimate of drug-likeness (QED) is 0.457. The van der Waals surface area contributed by atoms with Crippen LogP contribution in [0.2, 0.25) is 0 Å². The molecular formula is C24H20N4O5. The third kappa shape index (κ3) is 4.57. The number of nitro groups is 1. The molecule has 9 nitrogen and oxygen atoms in total. The minimum atomic E-state index is -1.10. The molecule has 4 rings (SSSR count). The van der Waals surface area contributed by atoms with Gasteiger partial charge in [0.1, 0.15) is 6.04 Å². The van der Waals surface area contributed by atoms with Crippen LogP contribution in [0.25, 0.3) is 0 Å². The summed E-state index contributed by atoms with van der Waals surface area (Å²) in [5.41, 5.74) is 2.37. The molecule has 3 aromatic rings. The van der Waals surface area contributed by atoms with Crippen molar-refractivity contribution in [2.45, 2.75) is 19.4 Å². The second-order valence-electron chi connectivity index (χ2n) is 7.62. The highest BCUT2D eigenvalue weighted by atomic mass is 16.6. The monoisotopic (exact) mass is 444 g/mol. The molecule has 0 saturated heterocycles. The van der Waals surface area contributed by atoms with Crippen molar-refractivity contribution in [3.63, 3.8) is 0 Å². The smallest absolute Gasteiger partial charge is 0.271 e. The molecule has 3 amide bonds. The standard InChI is InChI=1S/C24H20N4O5/c1-15-9-11-16(12-10-15)24(31)27-20-8-3-2-7-19(20)26-23(30)21(27)14-22(29)25-17-5-4-6-18(13-17)28(32)33/h2-13,21H,14H2,1H3,(H,25,29)(H,26,30). The van der Waals surface area contributed by atoms with Crippen LogP contribution < -0.4 is 15.5 Å². The Morgan fingerprint density at radius 3 is 2.52 bits per heavy atom. The highest BCUT2D eigenvalue weighted by molar-refractivity contribution is 6.17.